The third-order valence-electron chi connectivity index (χ3n) is 11.6. The zero-order valence-electron chi connectivity index (χ0n) is 28.0. The fourth-order valence-corrected chi connectivity index (χ4v) is 32.7. The van der Waals surface area contributed by atoms with Crippen molar-refractivity contribution in [3.63, 3.8) is 0 Å². The number of rotatable bonds is 9. The predicted octanol–water partition coefficient (Wildman–Crippen LogP) is 12.1. The Kier molecular flexibility index (Phi) is 11.2. The minimum Gasteiger partial charge on any atom is -0.147 e. The van der Waals surface area contributed by atoms with E-state index in [0.717, 1.165) is 19.3 Å². The van der Waals surface area contributed by atoms with Crippen LogP contribution < -0.4 is 0 Å². The van der Waals surface area contributed by atoms with E-state index in [4.69, 9.17) is 0 Å². The molecule has 0 saturated carbocycles. The van der Waals surface area contributed by atoms with Crippen molar-refractivity contribution in [1.29, 1.82) is 0 Å². The van der Waals surface area contributed by atoms with E-state index in [1.807, 2.05) is 0 Å². The fraction of sp³-hybridized carbons (Fsp3) is 0.317. The van der Waals surface area contributed by atoms with Gasteiger partial charge in [-0.2, -0.15) is 0 Å². The number of hydrogen-bond acceptors (Lipinski definition) is 0. The third kappa shape index (κ3) is 5.77. The average molecular weight is 733 g/mol. The Balaban J connectivity index is 0.00000230. The normalized spacial score (nSPS) is 17.0. The molecule has 0 bridgehead atoms. The molecule has 4 aromatic carbocycles. The zero-order valence-corrected chi connectivity index (χ0v) is 33.5. The van der Waals surface area contributed by atoms with Crippen LogP contribution >= 0.6 is 24.8 Å². The van der Waals surface area contributed by atoms with E-state index in [9.17, 15) is 0 Å². The van der Waals surface area contributed by atoms with Gasteiger partial charge >= 0.3 is 264 Å². The largest absolute Gasteiger partial charge is 0.147 e. The summed E-state index contributed by atoms with van der Waals surface area (Å²) in [6, 6.07) is 33.0. The third-order valence-corrected chi connectivity index (χ3v) is 42.5. The first-order valence-electron chi connectivity index (χ1n) is 16.7. The molecule has 0 spiro atoms. The molecule has 2 unspecified atom stereocenters. The smallest absolute Gasteiger partial charge is 0.147 e. The van der Waals surface area contributed by atoms with Gasteiger partial charge in [0, 0.05) is 0 Å². The van der Waals surface area contributed by atoms with E-state index in [-0.39, 0.29) is 24.8 Å². The number of benzene rings is 4. The average Bonchev–Trinajstić information content (AvgIpc) is 3.63. The van der Waals surface area contributed by atoms with Crippen LogP contribution in [0.4, 0.5) is 0 Å². The number of halogens is 2. The molecule has 6 rings (SSSR count). The summed E-state index contributed by atoms with van der Waals surface area (Å²) in [7, 11) is 0. The van der Waals surface area contributed by atoms with Crippen molar-refractivity contribution >= 4 is 43.8 Å². The minimum atomic E-state index is -3.68. The molecule has 0 nitrogen and oxygen atoms in total. The van der Waals surface area contributed by atoms with Crippen LogP contribution in [-0.2, 0) is 30.2 Å². The first kappa shape index (κ1) is 35.9. The van der Waals surface area contributed by atoms with Crippen molar-refractivity contribution in [2.75, 3.05) is 0 Å². The Hall–Kier alpha value is -1.96. The molecule has 2 aliphatic carbocycles. The van der Waals surface area contributed by atoms with E-state index in [0.29, 0.717) is 7.25 Å². The Labute approximate surface area is 287 Å². The predicted molar refractivity (Wildman–Crippen MR) is 204 cm³/mol. The standard InChI is InChI=1S/C19H19.C18H17.2C2H5.2ClH.H2Si.Zr/c1-3-14-8-10-16(11-9-14)18-7-5-6-17-12-15(4-2)13-19(17)18;1-3-14-7-9-15(10-8-14)17-6-4-5-16-11-13(2)12-18(16)17;2*1-2;;;;/h5-13H,3-4H2,1-2H3;4-12H,3H2,1-2H3;2*1H2,2H3;2*1H;1H2;. The molecule has 2 aliphatic rings. The molecule has 4 aromatic rings. The van der Waals surface area contributed by atoms with Crippen LogP contribution in [0.5, 0.6) is 0 Å². The summed E-state index contributed by atoms with van der Waals surface area (Å²) in [6.45, 7) is 17.0. The van der Waals surface area contributed by atoms with Crippen molar-refractivity contribution in [1.82, 2.24) is 0 Å². The maximum Gasteiger partial charge on any atom is -0.147 e. The molecule has 0 aliphatic heterocycles. The Morgan fingerprint density at radius 1 is 0.556 bits per heavy atom. The van der Waals surface area contributed by atoms with E-state index < -0.39 is 17.4 Å². The monoisotopic (exact) mass is 730 g/mol. The van der Waals surface area contributed by atoms with Crippen LogP contribution in [0.2, 0.25) is 8.26 Å². The number of allylic oxidation sites excluding steroid dienone is 2. The van der Waals surface area contributed by atoms with Gasteiger partial charge in [0.25, 0.3) is 0 Å². The van der Waals surface area contributed by atoms with E-state index >= 15 is 0 Å². The van der Waals surface area contributed by atoms with Gasteiger partial charge in [-0.1, -0.05) is 0 Å². The second kappa shape index (κ2) is 14.0. The first-order chi connectivity index (χ1) is 20.8. The Bertz CT molecular complexity index is 1800. The van der Waals surface area contributed by atoms with Crippen LogP contribution in [0.15, 0.2) is 96.1 Å². The van der Waals surface area contributed by atoms with Gasteiger partial charge in [-0.15, -0.1) is 24.8 Å². The van der Waals surface area contributed by atoms with Gasteiger partial charge in [0.1, 0.15) is 0 Å². The van der Waals surface area contributed by atoms with Crippen molar-refractivity contribution in [2.45, 2.75) is 76.3 Å². The van der Waals surface area contributed by atoms with Crippen LogP contribution in [0, 0.1) is 0 Å². The number of fused-ring (bicyclic) bond motifs is 2. The Morgan fingerprint density at radius 2 is 1.00 bits per heavy atom. The number of aryl methyl sites for hydroxylation is 2. The SMILES string of the molecule is CCC1=Cc2c(-c3ccc(CC)cc3)cccc2[CH]1[Zr](=[SiH2])([CH2]C)([CH2]C)[CH]1C(C)=Cc2c(-c3ccc(CC)cc3)cccc21.Cl.Cl. The first-order valence-corrected chi connectivity index (χ1v) is 28.9. The van der Waals surface area contributed by atoms with Gasteiger partial charge in [-0.25, -0.2) is 0 Å². The summed E-state index contributed by atoms with van der Waals surface area (Å²) < 4.78 is 3.81. The van der Waals surface area contributed by atoms with Gasteiger partial charge in [0.2, 0.25) is 0 Å². The van der Waals surface area contributed by atoms with Crippen molar-refractivity contribution in [3.05, 3.63) is 129 Å². The molecule has 236 valence electrons. The molecule has 0 radical (unpaired) electrons. The Morgan fingerprint density at radius 3 is 1.42 bits per heavy atom. The van der Waals surface area contributed by atoms with E-state index in [1.54, 1.807) is 22.3 Å². The molecule has 0 saturated heterocycles. The molecule has 0 amide bonds. The van der Waals surface area contributed by atoms with E-state index in [1.165, 1.54) is 52.8 Å². The summed E-state index contributed by atoms with van der Waals surface area (Å²) in [6.07, 6.45) is 8.49. The summed E-state index contributed by atoms with van der Waals surface area (Å²) in [5.74, 6) is 0. The van der Waals surface area contributed by atoms with Crippen molar-refractivity contribution in [2.24, 2.45) is 0 Å². The van der Waals surface area contributed by atoms with Crippen molar-refractivity contribution in [3.8, 4) is 22.3 Å². The molecule has 45 heavy (non-hydrogen) atoms. The van der Waals surface area contributed by atoms with Gasteiger partial charge in [0.05, 0.1) is 0 Å². The molecule has 2 atom stereocenters. The summed E-state index contributed by atoms with van der Waals surface area (Å²) in [5, 5.41) is 0. The number of hydrogen-bond donors (Lipinski definition) is 0. The molecule has 0 N–H and O–H groups in total. The molecule has 0 fully saturated rings. The summed E-state index contributed by atoms with van der Waals surface area (Å²) in [5.41, 5.74) is 17.8. The van der Waals surface area contributed by atoms with Gasteiger partial charge in [-0.3, -0.25) is 0 Å². The maximum atomic E-state index is 2.62. The zero-order chi connectivity index (χ0) is 30.4. The van der Waals surface area contributed by atoms with Gasteiger partial charge in [-0.05, 0) is 0 Å². The van der Waals surface area contributed by atoms with Crippen LogP contribution in [0.3, 0.4) is 0 Å². The molecular weight excluding hydrogens is 683 g/mol. The maximum absolute atomic E-state index is 3.68. The second-order valence-electron chi connectivity index (χ2n) is 13.4. The van der Waals surface area contributed by atoms with Crippen molar-refractivity contribution < 1.29 is 17.4 Å². The van der Waals surface area contributed by atoms with Gasteiger partial charge < -0.3 is 0 Å². The van der Waals surface area contributed by atoms with Crippen LogP contribution in [-0.4, -0.2) is 6.88 Å². The van der Waals surface area contributed by atoms with Crippen LogP contribution in [0.1, 0.15) is 88.6 Å². The summed E-state index contributed by atoms with van der Waals surface area (Å²) in [4.78, 5) is 0. The molecule has 4 heteroatoms. The summed E-state index contributed by atoms with van der Waals surface area (Å²) >= 11 is -3.68. The minimum absolute atomic E-state index is 0. The van der Waals surface area contributed by atoms with E-state index in [2.05, 4.69) is 146 Å². The van der Waals surface area contributed by atoms with Crippen LogP contribution in [0.25, 0.3) is 34.4 Å². The molecule has 0 aromatic heterocycles. The molecular formula is C41H50Cl2SiZr. The second-order valence-corrected chi connectivity index (χ2v) is 41.0. The fourth-order valence-electron chi connectivity index (χ4n) is 8.85. The quantitative estimate of drug-likeness (QED) is 0.150. The van der Waals surface area contributed by atoms with Gasteiger partial charge in [0.15, 0.2) is 0 Å². The topological polar surface area (TPSA) is 0 Å². The molecule has 0 heterocycles.